The summed E-state index contributed by atoms with van der Waals surface area (Å²) in [5, 5.41) is 15.3. The Morgan fingerprint density at radius 1 is 1.37 bits per heavy atom. The number of phenols is 1. The summed E-state index contributed by atoms with van der Waals surface area (Å²) in [6, 6.07) is 8.35. The highest BCUT2D eigenvalue weighted by Crippen LogP contribution is 2.38. The number of nitrogens with zero attached hydrogens (tertiary/aromatic N) is 1. The molecule has 3 heterocycles. The SMILES string of the molecule is Cc1sc2nc(SC(C)C(=O)Nc3cc(Cl)ccc3O)[nH]c(=O)c2c1-c1cccs1. The third-order valence-corrected chi connectivity index (χ3v) is 7.46. The molecule has 3 N–H and O–H groups in total. The van der Waals surface area contributed by atoms with Gasteiger partial charge in [-0.1, -0.05) is 29.4 Å². The van der Waals surface area contributed by atoms with Crippen LogP contribution < -0.4 is 10.9 Å². The van der Waals surface area contributed by atoms with Gasteiger partial charge in [0.25, 0.3) is 5.56 Å². The van der Waals surface area contributed by atoms with Gasteiger partial charge in [-0.05, 0) is 43.5 Å². The molecule has 1 unspecified atom stereocenters. The number of carbonyl (C=O) groups is 1. The summed E-state index contributed by atoms with van der Waals surface area (Å²) in [7, 11) is 0. The monoisotopic (exact) mass is 477 g/mol. The number of nitrogens with one attached hydrogen (secondary N) is 2. The summed E-state index contributed by atoms with van der Waals surface area (Å²) in [5.41, 5.74) is 0.916. The smallest absolute Gasteiger partial charge is 0.260 e. The summed E-state index contributed by atoms with van der Waals surface area (Å²) in [4.78, 5) is 35.4. The molecule has 30 heavy (non-hydrogen) atoms. The molecule has 6 nitrogen and oxygen atoms in total. The van der Waals surface area contributed by atoms with Crippen molar-refractivity contribution in [3.63, 3.8) is 0 Å². The van der Waals surface area contributed by atoms with Crippen LogP contribution in [-0.2, 0) is 4.79 Å². The number of thioether (sulfide) groups is 1. The van der Waals surface area contributed by atoms with E-state index in [-0.39, 0.29) is 22.9 Å². The van der Waals surface area contributed by atoms with Gasteiger partial charge in [-0.2, -0.15) is 0 Å². The van der Waals surface area contributed by atoms with Gasteiger partial charge in [-0.15, -0.1) is 22.7 Å². The summed E-state index contributed by atoms with van der Waals surface area (Å²) in [6.07, 6.45) is 0. The molecule has 1 amide bonds. The Bertz CT molecular complexity index is 1300. The number of benzene rings is 1. The van der Waals surface area contributed by atoms with E-state index in [1.54, 1.807) is 18.3 Å². The van der Waals surface area contributed by atoms with Crippen LogP contribution in [0.3, 0.4) is 0 Å². The van der Waals surface area contributed by atoms with Crippen LogP contribution in [0.5, 0.6) is 5.75 Å². The number of carbonyl (C=O) groups excluding carboxylic acids is 1. The number of aromatic hydroxyl groups is 1. The van der Waals surface area contributed by atoms with Crippen LogP contribution in [0.4, 0.5) is 5.69 Å². The number of fused-ring (bicyclic) bond motifs is 1. The van der Waals surface area contributed by atoms with Crippen LogP contribution in [0, 0.1) is 6.92 Å². The van der Waals surface area contributed by atoms with Crippen LogP contribution >= 0.6 is 46.0 Å². The number of halogens is 1. The van der Waals surface area contributed by atoms with E-state index < -0.39 is 5.25 Å². The second kappa shape index (κ2) is 8.43. The molecule has 3 aromatic heterocycles. The van der Waals surface area contributed by atoms with E-state index in [0.717, 1.165) is 27.1 Å². The standard InChI is InChI=1S/C20H16ClN3O3S3/c1-9-15(14-4-3-7-28-14)16-18(27)23-20(24-19(16)29-9)30-10(2)17(26)22-12-8-11(21)5-6-13(12)25/h3-8,10,25H,1-2H3,(H,22,26)(H,23,24,27). The van der Waals surface area contributed by atoms with Gasteiger partial charge < -0.3 is 15.4 Å². The van der Waals surface area contributed by atoms with Crippen molar-refractivity contribution < 1.29 is 9.90 Å². The molecule has 0 saturated heterocycles. The molecule has 0 fully saturated rings. The molecular formula is C20H16ClN3O3S3. The summed E-state index contributed by atoms with van der Waals surface area (Å²) in [6.45, 7) is 3.67. The first-order valence-corrected chi connectivity index (χ1v) is 11.8. The Hall–Kier alpha value is -2.33. The van der Waals surface area contributed by atoms with Crippen LogP contribution in [0.2, 0.25) is 5.02 Å². The van der Waals surface area contributed by atoms with Crippen molar-refractivity contribution in [2.24, 2.45) is 0 Å². The molecule has 0 bridgehead atoms. The van der Waals surface area contributed by atoms with Crippen LogP contribution in [0.15, 0.2) is 45.7 Å². The van der Waals surface area contributed by atoms with E-state index >= 15 is 0 Å². The molecule has 0 saturated carbocycles. The summed E-state index contributed by atoms with van der Waals surface area (Å²) >= 11 is 10.1. The second-order valence-corrected chi connectivity index (χ2v) is 10.4. The number of hydrogen-bond acceptors (Lipinski definition) is 7. The highest BCUT2D eigenvalue weighted by molar-refractivity contribution is 8.00. The number of anilines is 1. The zero-order valence-corrected chi connectivity index (χ0v) is 19.1. The van der Waals surface area contributed by atoms with Crippen molar-refractivity contribution in [1.82, 2.24) is 9.97 Å². The van der Waals surface area contributed by atoms with Crippen molar-refractivity contribution in [1.29, 1.82) is 0 Å². The molecule has 1 aromatic carbocycles. The van der Waals surface area contributed by atoms with Gasteiger partial charge in [0.15, 0.2) is 5.16 Å². The fraction of sp³-hybridized carbons (Fsp3) is 0.150. The summed E-state index contributed by atoms with van der Waals surface area (Å²) < 4.78 is 0. The molecule has 0 aliphatic heterocycles. The highest BCUT2D eigenvalue weighted by atomic mass is 35.5. The van der Waals surface area contributed by atoms with Gasteiger partial charge in [-0.3, -0.25) is 9.59 Å². The van der Waals surface area contributed by atoms with Crippen LogP contribution in [-0.4, -0.2) is 26.2 Å². The molecule has 0 radical (unpaired) electrons. The first kappa shape index (κ1) is 20.9. The first-order chi connectivity index (χ1) is 14.3. The van der Waals surface area contributed by atoms with E-state index in [9.17, 15) is 14.7 Å². The lowest BCUT2D eigenvalue weighted by atomic mass is 10.1. The van der Waals surface area contributed by atoms with Crippen LogP contribution in [0.25, 0.3) is 20.7 Å². The second-order valence-electron chi connectivity index (χ2n) is 6.47. The number of thiophene rings is 2. The fourth-order valence-electron chi connectivity index (χ4n) is 2.94. The van der Waals surface area contributed by atoms with Gasteiger partial charge in [0.05, 0.1) is 16.3 Å². The van der Waals surface area contributed by atoms with Gasteiger partial charge in [0, 0.05) is 20.3 Å². The zero-order chi connectivity index (χ0) is 21.4. The third kappa shape index (κ3) is 4.11. The van der Waals surface area contributed by atoms with Crippen molar-refractivity contribution in [2.45, 2.75) is 24.3 Å². The molecule has 0 aliphatic carbocycles. The molecule has 0 spiro atoms. The Morgan fingerprint density at radius 2 is 2.17 bits per heavy atom. The number of hydrogen-bond donors (Lipinski definition) is 3. The van der Waals surface area contributed by atoms with Crippen LogP contribution in [0.1, 0.15) is 11.8 Å². The average Bonchev–Trinajstić information content (AvgIpc) is 3.31. The van der Waals surface area contributed by atoms with E-state index in [4.69, 9.17) is 11.6 Å². The Morgan fingerprint density at radius 3 is 2.90 bits per heavy atom. The lowest BCUT2D eigenvalue weighted by Gasteiger charge is -2.12. The number of H-pyrrole nitrogens is 1. The third-order valence-electron chi connectivity index (χ3n) is 4.36. The minimum absolute atomic E-state index is 0.0759. The van der Waals surface area contributed by atoms with Crippen molar-refractivity contribution >= 4 is 67.8 Å². The number of amides is 1. The predicted octanol–water partition coefficient (Wildman–Crippen LogP) is 5.50. The van der Waals surface area contributed by atoms with Gasteiger partial charge in [-0.25, -0.2) is 4.98 Å². The maximum Gasteiger partial charge on any atom is 0.260 e. The fourth-order valence-corrected chi connectivity index (χ4v) is 5.90. The number of phenolic OH excluding ortho intramolecular Hbond substituents is 1. The lowest BCUT2D eigenvalue weighted by molar-refractivity contribution is -0.115. The molecule has 0 aliphatic rings. The number of aryl methyl sites for hydroxylation is 1. The molecule has 4 aromatic rings. The molecule has 4 rings (SSSR count). The summed E-state index contributed by atoms with van der Waals surface area (Å²) in [5.74, 6) is -0.421. The average molecular weight is 478 g/mol. The zero-order valence-electron chi connectivity index (χ0n) is 15.9. The number of aromatic nitrogens is 2. The van der Waals surface area contributed by atoms with Gasteiger partial charge in [0.1, 0.15) is 10.6 Å². The largest absolute Gasteiger partial charge is 0.506 e. The van der Waals surface area contributed by atoms with E-state index in [1.165, 1.54) is 29.5 Å². The molecule has 10 heteroatoms. The van der Waals surface area contributed by atoms with Crippen molar-refractivity contribution in [3.8, 4) is 16.2 Å². The van der Waals surface area contributed by atoms with Crippen molar-refractivity contribution in [2.75, 3.05) is 5.32 Å². The Labute approximate surface area is 189 Å². The first-order valence-electron chi connectivity index (χ1n) is 8.87. The minimum Gasteiger partial charge on any atom is -0.506 e. The Balaban J connectivity index is 1.59. The number of aromatic amines is 1. The van der Waals surface area contributed by atoms with E-state index in [1.807, 2.05) is 24.4 Å². The van der Waals surface area contributed by atoms with Gasteiger partial charge >= 0.3 is 0 Å². The molecular weight excluding hydrogens is 462 g/mol. The minimum atomic E-state index is -0.568. The molecule has 1 atom stereocenters. The normalized spacial score (nSPS) is 12.2. The maximum absolute atomic E-state index is 12.8. The van der Waals surface area contributed by atoms with Crippen molar-refractivity contribution in [3.05, 3.63) is 56.0 Å². The predicted molar refractivity (Wildman–Crippen MR) is 125 cm³/mol. The Kier molecular flexibility index (Phi) is 5.88. The quantitative estimate of drug-likeness (QED) is 0.200. The number of rotatable bonds is 5. The molecule has 154 valence electrons. The van der Waals surface area contributed by atoms with E-state index in [0.29, 0.717) is 20.4 Å². The topological polar surface area (TPSA) is 95.1 Å². The maximum atomic E-state index is 12.8. The highest BCUT2D eigenvalue weighted by Gasteiger charge is 2.21. The van der Waals surface area contributed by atoms with E-state index in [2.05, 4.69) is 15.3 Å². The lowest BCUT2D eigenvalue weighted by Crippen LogP contribution is -2.23. The van der Waals surface area contributed by atoms with Gasteiger partial charge in [0.2, 0.25) is 5.91 Å².